The highest BCUT2D eigenvalue weighted by Gasteiger charge is 1.98. The van der Waals surface area contributed by atoms with Gasteiger partial charge in [-0.25, -0.2) is 4.98 Å². The van der Waals surface area contributed by atoms with E-state index < -0.39 is 0 Å². The second-order valence-corrected chi connectivity index (χ2v) is 4.42. The lowest BCUT2D eigenvalue weighted by molar-refractivity contribution is 0.897. The van der Waals surface area contributed by atoms with Crippen molar-refractivity contribution in [1.82, 2.24) is 14.3 Å². The molecule has 0 atom stereocenters. The van der Waals surface area contributed by atoms with Gasteiger partial charge in [0.25, 0.3) is 0 Å². The number of nitrogens with zero attached hydrogens (tertiary/aromatic N) is 2. The van der Waals surface area contributed by atoms with Gasteiger partial charge in [0, 0.05) is 28.5 Å². The molecule has 80 valence electrons. The molecule has 16 heavy (non-hydrogen) atoms. The molecule has 0 aliphatic heterocycles. The second kappa shape index (κ2) is 3.53. The summed E-state index contributed by atoms with van der Waals surface area (Å²) in [5.74, 6) is 5.69. The standard InChI is InChI=1S/C11H10N4S/c12-15-13-6-5-9-7-8-3-1-2-4-10(8)14-11(9)16-15/h1-7,13H,12H2. The zero-order chi connectivity index (χ0) is 11.0. The van der Waals surface area contributed by atoms with E-state index in [9.17, 15) is 0 Å². The molecule has 1 aromatic carbocycles. The van der Waals surface area contributed by atoms with E-state index in [-0.39, 0.29) is 0 Å². The molecule has 3 rings (SSSR count). The van der Waals surface area contributed by atoms with Crippen LogP contribution in [0.15, 0.2) is 42.6 Å². The lowest BCUT2D eigenvalue weighted by Crippen LogP contribution is -2.06. The lowest BCUT2D eigenvalue weighted by atomic mass is 10.2. The van der Waals surface area contributed by atoms with Crippen molar-refractivity contribution in [2.45, 2.75) is 0 Å². The zero-order valence-electron chi connectivity index (χ0n) is 8.42. The number of hydrogen-bond acceptors (Lipinski definition) is 3. The van der Waals surface area contributed by atoms with Gasteiger partial charge in [-0.3, -0.25) is 5.10 Å². The average molecular weight is 230 g/mol. The fraction of sp³-hybridized carbons (Fsp3) is 0. The number of nitrogens with two attached hydrogens (primary N) is 1. The van der Waals surface area contributed by atoms with Crippen molar-refractivity contribution in [1.29, 1.82) is 0 Å². The maximum absolute atomic E-state index is 5.69. The molecule has 3 aromatic rings. The van der Waals surface area contributed by atoms with Gasteiger partial charge in [-0.15, -0.1) is 0 Å². The summed E-state index contributed by atoms with van der Waals surface area (Å²) in [6.45, 7) is 0. The molecule has 2 heterocycles. The summed E-state index contributed by atoms with van der Waals surface area (Å²) in [6, 6.07) is 12.1. The van der Waals surface area contributed by atoms with Crippen molar-refractivity contribution in [3.8, 4) is 0 Å². The number of benzene rings is 1. The van der Waals surface area contributed by atoms with Crippen molar-refractivity contribution < 1.29 is 0 Å². The van der Waals surface area contributed by atoms with E-state index in [1.807, 2.05) is 24.3 Å². The normalized spacial score (nSPS) is 10.8. The van der Waals surface area contributed by atoms with Crippen molar-refractivity contribution in [3.63, 3.8) is 0 Å². The van der Waals surface area contributed by atoms with Crippen LogP contribution in [0, 0.1) is 0 Å². The van der Waals surface area contributed by atoms with Gasteiger partial charge in [0.2, 0.25) is 0 Å². The minimum Gasteiger partial charge on any atom is -0.315 e. The molecule has 0 saturated heterocycles. The molecule has 0 fully saturated rings. The molecule has 0 aliphatic rings. The van der Waals surface area contributed by atoms with Crippen LogP contribution < -0.4 is 5.84 Å². The highest BCUT2D eigenvalue weighted by atomic mass is 32.1. The van der Waals surface area contributed by atoms with E-state index in [2.05, 4.69) is 22.2 Å². The molecule has 0 amide bonds. The highest BCUT2D eigenvalue weighted by Crippen LogP contribution is 2.19. The van der Waals surface area contributed by atoms with Gasteiger partial charge in [-0.05, 0) is 18.2 Å². The van der Waals surface area contributed by atoms with Crippen molar-refractivity contribution in [2.75, 3.05) is 5.84 Å². The number of pyridine rings is 1. The molecule has 0 aliphatic carbocycles. The van der Waals surface area contributed by atoms with Gasteiger partial charge < -0.3 is 5.84 Å². The first-order valence-corrected chi connectivity index (χ1v) is 5.65. The van der Waals surface area contributed by atoms with E-state index >= 15 is 0 Å². The summed E-state index contributed by atoms with van der Waals surface area (Å²) in [5.41, 5.74) is 0.984. The fourth-order valence-corrected chi connectivity index (χ4v) is 2.30. The number of para-hydroxylation sites is 1. The summed E-state index contributed by atoms with van der Waals surface area (Å²) >= 11 is 1.37. The SMILES string of the molecule is Nn1[nH]ccc2cc3ccccc3nc2s1. The summed E-state index contributed by atoms with van der Waals surface area (Å²) in [6.07, 6.45) is 1.80. The Morgan fingerprint density at radius 3 is 3.00 bits per heavy atom. The van der Waals surface area contributed by atoms with Gasteiger partial charge >= 0.3 is 0 Å². The van der Waals surface area contributed by atoms with E-state index in [1.54, 1.807) is 6.20 Å². The number of H-pyrrole nitrogens is 1. The van der Waals surface area contributed by atoms with E-state index in [0.717, 1.165) is 21.1 Å². The largest absolute Gasteiger partial charge is 0.315 e. The molecule has 2 aromatic heterocycles. The van der Waals surface area contributed by atoms with Crippen LogP contribution in [0.2, 0.25) is 0 Å². The fourth-order valence-electron chi connectivity index (χ4n) is 1.63. The Balaban J connectivity index is 2.50. The third-order valence-corrected chi connectivity index (χ3v) is 3.17. The van der Waals surface area contributed by atoms with Gasteiger partial charge in [0.1, 0.15) is 4.83 Å². The quantitative estimate of drug-likeness (QED) is 0.583. The average Bonchev–Trinajstić information content (AvgIpc) is 2.46. The molecule has 0 unspecified atom stereocenters. The maximum Gasteiger partial charge on any atom is 0.144 e. The topological polar surface area (TPSA) is 59.6 Å². The van der Waals surface area contributed by atoms with Crippen molar-refractivity contribution in [3.05, 3.63) is 42.6 Å². The lowest BCUT2D eigenvalue weighted by Gasteiger charge is -1.97. The summed E-state index contributed by atoms with van der Waals surface area (Å²) in [4.78, 5) is 5.48. The number of hydrogen-bond donors (Lipinski definition) is 2. The third kappa shape index (κ3) is 1.51. The Morgan fingerprint density at radius 1 is 1.19 bits per heavy atom. The highest BCUT2D eigenvalue weighted by molar-refractivity contribution is 7.12. The molecule has 5 heteroatoms. The molecule has 0 bridgehead atoms. The molecular weight excluding hydrogens is 220 g/mol. The molecule has 4 nitrogen and oxygen atoms in total. The minimum atomic E-state index is 0.905. The van der Waals surface area contributed by atoms with Gasteiger partial charge in [-0.1, -0.05) is 18.2 Å². The maximum atomic E-state index is 5.69. The molecular formula is C11H10N4S. The first kappa shape index (κ1) is 9.23. The minimum absolute atomic E-state index is 0.905. The molecule has 0 saturated carbocycles. The molecule has 3 N–H and O–H groups in total. The third-order valence-electron chi connectivity index (χ3n) is 2.37. The van der Waals surface area contributed by atoms with Gasteiger partial charge in [0.05, 0.1) is 5.52 Å². The number of aromatic nitrogens is 3. The number of rotatable bonds is 0. The number of nitrogen functional groups attached to an aromatic ring is 1. The summed E-state index contributed by atoms with van der Waals surface area (Å²) in [5, 5.41) is 5.11. The van der Waals surface area contributed by atoms with Crippen molar-refractivity contribution >= 4 is 32.7 Å². The van der Waals surface area contributed by atoms with Crippen LogP contribution in [-0.2, 0) is 0 Å². The van der Waals surface area contributed by atoms with Crippen LogP contribution in [0.1, 0.15) is 0 Å². The Bertz CT molecular complexity index is 690. The smallest absolute Gasteiger partial charge is 0.144 e. The van der Waals surface area contributed by atoms with Gasteiger partial charge in [0.15, 0.2) is 0 Å². The van der Waals surface area contributed by atoms with Crippen LogP contribution >= 0.6 is 11.5 Å². The van der Waals surface area contributed by atoms with Crippen molar-refractivity contribution in [2.24, 2.45) is 0 Å². The summed E-state index contributed by atoms with van der Waals surface area (Å²) < 4.78 is 1.43. The monoisotopic (exact) mass is 230 g/mol. The Kier molecular flexibility index (Phi) is 2.04. The van der Waals surface area contributed by atoms with Crippen LogP contribution in [0.25, 0.3) is 21.1 Å². The van der Waals surface area contributed by atoms with E-state index in [1.165, 1.54) is 15.7 Å². The zero-order valence-corrected chi connectivity index (χ0v) is 9.24. The van der Waals surface area contributed by atoms with Crippen LogP contribution in [-0.4, -0.2) is 14.3 Å². The Hall–Kier alpha value is -2.01. The Labute approximate surface area is 95.7 Å². The first-order chi connectivity index (χ1) is 7.83. The number of fused-ring (bicyclic) bond motifs is 2. The second-order valence-electron chi connectivity index (χ2n) is 3.45. The van der Waals surface area contributed by atoms with Crippen LogP contribution in [0.5, 0.6) is 0 Å². The molecule has 0 spiro atoms. The number of aromatic amines is 1. The first-order valence-electron chi connectivity index (χ1n) is 4.88. The van der Waals surface area contributed by atoms with E-state index in [0.29, 0.717) is 0 Å². The van der Waals surface area contributed by atoms with Gasteiger partial charge in [-0.2, -0.15) is 4.18 Å². The number of nitrogens with one attached hydrogen (secondary N) is 1. The predicted molar refractivity (Wildman–Crippen MR) is 67.2 cm³/mol. The van der Waals surface area contributed by atoms with Crippen LogP contribution in [0.3, 0.4) is 0 Å². The van der Waals surface area contributed by atoms with Crippen LogP contribution in [0.4, 0.5) is 0 Å². The van der Waals surface area contributed by atoms with E-state index in [4.69, 9.17) is 5.84 Å². The molecule has 0 radical (unpaired) electrons. The summed E-state index contributed by atoms with van der Waals surface area (Å²) in [7, 11) is 0. The predicted octanol–water partition coefficient (Wildman–Crippen LogP) is 2.42. The Morgan fingerprint density at radius 2 is 2.06 bits per heavy atom.